The van der Waals surface area contributed by atoms with Gasteiger partial charge in [0.15, 0.2) is 5.75 Å². The number of pyridine rings is 1. The number of fused-ring (bicyclic) bond motifs is 1. The van der Waals surface area contributed by atoms with Gasteiger partial charge < -0.3 is 9.94 Å². The number of halogens is 5. The van der Waals surface area contributed by atoms with Crippen molar-refractivity contribution in [1.82, 2.24) is 0 Å². The lowest BCUT2D eigenvalue weighted by atomic mass is 10.1. The van der Waals surface area contributed by atoms with Gasteiger partial charge in [-0.15, -0.1) is 0 Å². The second-order valence-corrected chi connectivity index (χ2v) is 9.83. The lowest BCUT2D eigenvalue weighted by Crippen LogP contribution is -2.33. The standard InChI is InChI=1S/C21H12Cl2F3N3O6S/c1-35-11-6-10(8-28(32)9-11)29-19(30)17-15(23)4-5-16(18(17)20(29)31)27-36(33,34)12-2-3-14(22)13(7-12)21(24,25)26/h2-9,27H,1H3. The van der Waals surface area contributed by atoms with Gasteiger partial charge in [-0.1, -0.05) is 23.2 Å². The molecule has 2 heterocycles. The number of amides is 2. The predicted molar refractivity (Wildman–Crippen MR) is 122 cm³/mol. The van der Waals surface area contributed by atoms with Gasteiger partial charge in [0.2, 0.25) is 12.4 Å². The fourth-order valence-electron chi connectivity index (χ4n) is 3.48. The maximum atomic E-state index is 13.2. The largest absolute Gasteiger partial charge is 0.619 e. The first-order valence-corrected chi connectivity index (χ1v) is 11.9. The molecule has 0 atom stereocenters. The molecule has 188 valence electrons. The molecule has 0 radical (unpaired) electrons. The van der Waals surface area contributed by atoms with Gasteiger partial charge in [0.05, 0.1) is 44.4 Å². The number of aromatic nitrogens is 1. The second kappa shape index (κ2) is 8.84. The molecule has 0 saturated heterocycles. The molecule has 2 amide bonds. The minimum Gasteiger partial charge on any atom is -0.619 e. The third-order valence-electron chi connectivity index (χ3n) is 5.08. The highest BCUT2D eigenvalue weighted by Gasteiger charge is 2.42. The molecule has 15 heteroatoms. The Morgan fingerprint density at radius 2 is 1.64 bits per heavy atom. The Morgan fingerprint density at radius 3 is 2.28 bits per heavy atom. The number of hydrogen-bond donors (Lipinski definition) is 1. The Morgan fingerprint density at radius 1 is 1.00 bits per heavy atom. The second-order valence-electron chi connectivity index (χ2n) is 7.33. The Bertz CT molecular complexity index is 1550. The average molecular weight is 562 g/mol. The van der Waals surface area contributed by atoms with Crippen LogP contribution in [-0.4, -0.2) is 27.3 Å². The number of anilines is 2. The van der Waals surface area contributed by atoms with Crippen molar-refractivity contribution in [3.8, 4) is 5.75 Å². The number of rotatable bonds is 5. The molecule has 3 aromatic rings. The fourth-order valence-corrected chi connectivity index (χ4v) is 5.04. The first-order chi connectivity index (χ1) is 16.7. The van der Waals surface area contributed by atoms with E-state index in [4.69, 9.17) is 27.9 Å². The molecular formula is C21H12Cl2F3N3O6S. The highest BCUT2D eigenvalue weighted by Crippen LogP contribution is 2.39. The van der Waals surface area contributed by atoms with Crippen molar-refractivity contribution in [2.24, 2.45) is 0 Å². The molecule has 0 fully saturated rings. The number of sulfonamides is 1. The first-order valence-electron chi connectivity index (χ1n) is 9.63. The van der Waals surface area contributed by atoms with Crippen molar-refractivity contribution in [2.75, 3.05) is 16.7 Å². The molecule has 1 aromatic heterocycles. The molecule has 1 aliphatic heterocycles. The molecule has 1 N–H and O–H groups in total. The number of nitrogens with zero attached hydrogens (tertiary/aromatic N) is 2. The van der Waals surface area contributed by atoms with Gasteiger partial charge in [-0.25, -0.2) is 13.3 Å². The van der Waals surface area contributed by atoms with Gasteiger partial charge in [0.1, 0.15) is 5.69 Å². The lowest BCUT2D eigenvalue weighted by Gasteiger charge is -2.15. The minimum atomic E-state index is -4.93. The summed E-state index contributed by atoms with van der Waals surface area (Å²) in [4.78, 5) is 26.1. The summed E-state index contributed by atoms with van der Waals surface area (Å²) in [6.07, 6.45) is -2.98. The van der Waals surface area contributed by atoms with Crippen LogP contribution in [0.15, 0.2) is 53.7 Å². The molecule has 0 unspecified atom stereocenters. The summed E-state index contributed by atoms with van der Waals surface area (Å²) in [6, 6.07) is 5.38. The van der Waals surface area contributed by atoms with Crippen molar-refractivity contribution in [1.29, 1.82) is 0 Å². The molecular weight excluding hydrogens is 550 g/mol. The molecule has 0 spiro atoms. The normalized spacial score (nSPS) is 13.7. The third-order valence-corrected chi connectivity index (χ3v) is 7.09. The number of alkyl halides is 3. The molecule has 2 aromatic carbocycles. The number of methoxy groups -OCH3 is 1. The topological polar surface area (TPSA) is 120 Å². The number of carbonyl (C=O) groups is 2. The Labute approximate surface area is 211 Å². The molecule has 4 rings (SSSR count). The zero-order valence-electron chi connectivity index (χ0n) is 17.8. The van der Waals surface area contributed by atoms with Gasteiger partial charge in [-0.05, 0) is 30.3 Å². The van der Waals surface area contributed by atoms with Crippen LogP contribution in [0.2, 0.25) is 10.0 Å². The predicted octanol–water partition coefficient (Wildman–Crippen LogP) is 4.26. The van der Waals surface area contributed by atoms with E-state index in [2.05, 4.69) is 0 Å². The van der Waals surface area contributed by atoms with Crippen LogP contribution in [0.4, 0.5) is 24.5 Å². The van der Waals surface area contributed by atoms with E-state index >= 15 is 0 Å². The van der Waals surface area contributed by atoms with Crippen LogP contribution in [0.25, 0.3) is 0 Å². The Balaban J connectivity index is 1.79. The summed E-state index contributed by atoms with van der Waals surface area (Å²) in [5.41, 5.74) is -2.81. The van der Waals surface area contributed by atoms with Crippen molar-refractivity contribution in [3.05, 3.63) is 80.7 Å². The zero-order valence-corrected chi connectivity index (χ0v) is 20.1. The summed E-state index contributed by atoms with van der Waals surface area (Å²) in [7, 11) is -3.44. The number of ether oxygens (including phenoxy) is 1. The van der Waals surface area contributed by atoms with E-state index in [1.807, 2.05) is 4.72 Å². The Kier molecular flexibility index (Phi) is 6.27. The fraction of sp³-hybridized carbons (Fsp3) is 0.0952. The highest BCUT2D eigenvalue weighted by molar-refractivity contribution is 7.92. The maximum absolute atomic E-state index is 13.2. The van der Waals surface area contributed by atoms with Crippen molar-refractivity contribution in [2.45, 2.75) is 11.1 Å². The lowest BCUT2D eigenvalue weighted by molar-refractivity contribution is -0.605. The van der Waals surface area contributed by atoms with Gasteiger partial charge in [0.25, 0.3) is 21.8 Å². The quantitative estimate of drug-likeness (QED) is 0.282. The van der Waals surface area contributed by atoms with Crippen LogP contribution in [0.5, 0.6) is 5.75 Å². The van der Waals surface area contributed by atoms with E-state index in [0.717, 1.165) is 36.7 Å². The monoisotopic (exact) mass is 561 g/mol. The molecule has 0 aliphatic carbocycles. The van der Waals surface area contributed by atoms with E-state index in [0.29, 0.717) is 15.7 Å². The van der Waals surface area contributed by atoms with Gasteiger partial charge >= 0.3 is 6.18 Å². The van der Waals surface area contributed by atoms with Gasteiger partial charge in [0, 0.05) is 6.07 Å². The minimum absolute atomic E-state index is 0.0225. The van der Waals surface area contributed by atoms with Gasteiger partial charge in [-0.3, -0.25) is 14.3 Å². The van der Waals surface area contributed by atoms with Crippen LogP contribution in [0.1, 0.15) is 26.3 Å². The van der Waals surface area contributed by atoms with E-state index in [1.165, 1.54) is 13.2 Å². The van der Waals surface area contributed by atoms with Crippen molar-refractivity contribution < 1.29 is 40.6 Å². The van der Waals surface area contributed by atoms with Crippen LogP contribution < -0.4 is 19.1 Å². The van der Waals surface area contributed by atoms with E-state index in [-0.39, 0.29) is 22.0 Å². The third kappa shape index (κ3) is 4.40. The van der Waals surface area contributed by atoms with Crippen LogP contribution >= 0.6 is 23.2 Å². The number of benzene rings is 2. The summed E-state index contributed by atoms with van der Waals surface area (Å²) in [6.45, 7) is 0. The molecule has 0 saturated carbocycles. The smallest absolute Gasteiger partial charge is 0.417 e. The number of hydrogen-bond acceptors (Lipinski definition) is 6. The van der Waals surface area contributed by atoms with Crippen molar-refractivity contribution in [3.63, 3.8) is 0 Å². The van der Waals surface area contributed by atoms with E-state index in [9.17, 15) is 36.4 Å². The summed E-state index contributed by atoms with van der Waals surface area (Å²) < 4.78 is 72.8. The molecule has 0 bridgehead atoms. The molecule has 36 heavy (non-hydrogen) atoms. The summed E-state index contributed by atoms with van der Waals surface area (Å²) in [5.74, 6) is -1.97. The number of nitrogens with one attached hydrogen (secondary N) is 1. The SMILES string of the molecule is COc1cc(N2C(=O)c3c(Cl)ccc(NS(=O)(=O)c4ccc(Cl)c(C(F)(F)F)c4)c3C2=O)c[n+]([O-])c1. The van der Waals surface area contributed by atoms with E-state index < -0.39 is 54.7 Å². The first kappa shape index (κ1) is 25.5. The molecule has 9 nitrogen and oxygen atoms in total. The molecule has 1 aliphatic rings. The zero-order chi connectivity index (χ0) is 26.6. The van der Waals surface area contributed by atoms with Crippen LogP contribution in [0.3, 0.4) is 0 Å². The van der Waals surface area contributed by atoms with Crippen LogP contribution in [0, 0.1) is 5.21 Å². The highest BCUT2D eigenvalue weighted by atomic mass is 35.5. The number of imide groups is 1. The van der Waals surface area contributed by atoms with Crippen LogP contribution in [-0.2, 0) is 16.2 Å². The summed E-state index contributed by atoms with van der Waals surface area (Å²) in [5, 5.41) is 11.0. The van der Waals surface area contributed by atoms with E-state index in [1.54, 1.807) is 0 Å². The maximum Gasteiger partial charge on any atom is 0.417 e. The number of carbonyl (C=O) groups excluding carboxylic acids is 2. The van der Waals surface area contributed by atoms with Crippen molar-refractivity contribution >= 4 is 56.4 Å². The Hall–Kier alpha value is -3.55. The summed E-state index contributed by atoms with van der Waals surface area (Å²) >= 11 is 11.7. The van der Waals surface area contributed by atoms with Gasteiger partial charge in [-0.2, -0.15) is 17.9 Å². The average Bonchev–Trinajstić information content (AvgIpc) is 3.05.